The number of methoxy groups -OCH3 is 2. The molecule has 7 nitrogen and oxygen atoms in total. The second-order valence-electron chi connectivity index (χ2n) is 7.35. The van der Waals surface area contributed by atoms with E-state index in [-0.39, 0.29) is 17.0 Å². The van der Waals surface area contributed by atoms with Gasteiger partial charge in [0.25, 0.3) is 5.91 Å². The number of para-hydroxylation sites is 1. The summed E-state index contributed by atoms with van der Waals surface area (Å²) >= 11 is 1.18. The van der Waals surface area contributed by atoms with E-state index in [2.05, 4.69) is 10.3 Å². The number of hydrogen-bond donors (Lipinski definition) is 1. The molecule has 0 aliphatic carbocycles. The zero-order valence-electron chi connectivity index (χ0n) is 17.5. The number of esters is 1. The van der Waals surface area contributed by atoms with E-state index in [1.54, 1.807) is 17.0 Å². The number of ether oxygens (including phenoxy) is 2. The summed E-state index contributed by atoms with van der Waals surface area (Å²) in [4.78, 5) is 30.4. The van der Waals surface area contributed by atoms with Crippen molar-refractivity contribution in [1.29, 1.82) is 0 Å². The molecule has 0 unspecified atom stereocenters. The number of nitrogens with one attached hydrogen (secondary N) is 1. The third-order valence-corrected chi connectivity index (χ3v) is 6.41. The van der Waals surface area contributed by atoms with E-state index in [0.29, 0.717) is 42.9 Å². The van der Waals surface area contributed by atoms with Crippen LogP contribution in [0.25, 0.3) is 10.2 Å². The third-order valence-electron chi connectivity index (χ3n) is 5.47. The molecule has 1 saturated heterocycles. The molecule has 0 radical (unpaired) electrons. The van der Waals surface area contributed by atoms with E-state index < -0.39 is 23.1 Å². The molecule has 168 valence electrons. The number of amides is 1. The van der Waals surface area contributed by atoms with Crippen molar-refractivity contribution in [3.8, 4) is 5.75 Å². The predicted octanol–water partition coefficient (Wildman–Crippen LogP) is 4.22. The Labute approximate surface area is 186 Å². The Bertz CT molecular complexity index is 1150. The number of anilines is 2. The van der Waals surface area contributed by atoms with Crippen LogP contribution in [0.1, 0.15) is 23.2 Å². The highest BCUT2D eigenvalue weighted by Crippen LogP contribution is 2.33. The minimum absolute atomic E-state index is 0.210. The molecule has 0 bridgehead atoms. The van der Waals surface area contributed by atoms with Gasteiger partial charge in [0.1, 0.15) is 28.5 Å². The Morgan fingerprint density at radius 3 is 2.47 bits per heavy atom. The van der Waals surface area contributed by atoms with Crippen LogP contribution in [0, 0.1) is 17.6 Å². The fraction of sp³-hybridized carbons (Fsp3) is 0.318. The monoisotopic (exact) mass is 461 g/mol. The Balaban J connectivity index is 1.51. The van der Waals surface area contributed by atoms with E-state index in [9.17, 15) is 18.4 Å². The molecule has 10 heteroatoms. The molecule has 32 heavy (non-hydrogen) atoms. The standard InChI is InChI=1S/C22H21F2N3O4S/c1-30-16-4-3-5-17-19(16)25-22(32-17)26-20(28)18-14(23)10-13(11-15(18)24)27-8-6-12(7-9-27)21(29)31-2/h3-5,10-12H,6-9H2,1-2H3,(H,25,26,28). The lowest BCUT2D eigenvalue weighted by atomic mass is 9.96. The zero-order valence-corrected chi connectivity index (χ0v) is 18.3. The summed E-state index contributed by atoms with van der Waals surface area (Å²) < 4.78 is 40.3. The first-order chi connectivity index (χ1) is 15.4. The molecule has 0 atom stereocenters. The minimum atomic E-state index is -0.966. The number of rotatable bonds is 5. The van der Waals surface area contributed by atoms with Gasteiger partial charge in [-0.3, -0.25) is 14.9 Å². The van der Waals surface area contributed by atoms with Gasteiger partial charge in [0.05, 0.1) is 24.8 Å². The number of hydrogen-bond acceptors (Lipinski definition) is 7. The van der Waals surface area contributed by atoms with Gasteiger partial charge in [0.2, 0.25) is 0 Å². The molecule has 4 rings (SSSR count). The molecular formula is C22H21F2N3O4S. The van der Waals surface area contributed by atoms with Gasteiger partial charge in [-0.1, -0.05) is 17.4 Å². The lowest BCUT2D eigenvalue weighted by Gasteiger charge is -2.32. The maximum Gasteiger partial charge on any atom is 0.308 e. The second kappa shape index (κ2) is 9.07. The molecule has 1 fully saturated rings. The molecule has 1 aliphatic heterocycles. The van der Waals surface area contributed by atoms with Gasteiger partial charge in [-0.05, 0) is 37.1 Å². The Morgan fingerprint density at radius 1 is 1.16 bits per heavy atom. The highest BCUT2D eigenvalue weighted by atomic mass is 32.1. The van der Waals surface area contributed by atoms with Crippen LogP contribution < -0.4 is 15.0 Å². The fourth-order valence-electron chi connectivity index (χ4n) is 3.80. The number of fused-ring (bicyclic) bond motifs is 1. The van der Waals surface area contributed by atoms with Crippen molar-refractivity contribution in [2.24, 2.45) is 5.92 Å². The molecule has 3 aromatic rings. The van der Waals surface area contributed by atoms with Crippen molar-refractivity contribution in [1.82, 2.24) is 4.98 Å². The van der Waals surface area contributed by atoms with Gasteiger partial charge in [0, 0.05) is 18.8 Å². The predicted molar refractivity (Wildman–Crippen MR) is 117 cm³/mol. The largest absolute Gasteiger partial charge is 0.494 e. The number of nitrogens with zero attached hydrogens (tertiary/aromatic N) is 2. The Hall–Kier alpha value is -3.27. The fourth-order valence-corrected chi connectivity index (χ4v) is 4.68. The van der Waals surface area contributed by atoms with Crippen LogP contribution in [0.4, 0.5) is 19.6 Å². The molecule has 1 aromatic heterocycles. The van der Waals surface area contributed by atoms with Gasteiger partial charge in [-0.2, -0.15) is 0 Å². The number of piperidine rings is 1. The molecule has 0 spiro atoms. The number of benzene rings is 2. The average Bonchev–Trinajstić information content (AvgIpc) is 3.20. The molecule has 2 aromatic carbocycles. The summed E-state index contributed by atoms with van der Waals surface area (Å²) in [6.07, 6.45) is 1.05. The quantitative estimate of drug-likeness (QED) is 0.573. The average molecular weight is 461 g/mol. The van der Waals surface area contributed by atoms with Crippen LogP contribution in [0.15, 0.2) is 30.3 Å². The van der Waals surface area contributed by atoms with E-state index >= 15 is 0 Å². The van der Waals surface area contributed by atoms with E-state index in [4.69, 9.17) is 9.47 Å². The zero-order chi connectivity index (χ0) is 22.8. The molecule has 0 saturated carbocycles. The van der Waals surface area contributed by atoms with Crippen molar-refractivity contribution < 1.29 is 27.8 Å². The summed E-state index contributed by atoms with van der Waals surface area (Å²) in [7, 11) is 2.85. The van der Waals surface area contributed by atoms with Crippen molar-refractivity contribution in [2.45, 2.75) is 12.8 Å². The van der Waals surface area contributed by atoms with Crippen LogP contribution >= 0.6 is 11.3 Å². The van der Waals surface area contributed by atoms with E-state index in [0.717, 1.165) is 16.8 Å². The summed E-state index contributed by atoms with van der Waals surface area (Å²) in [6.45, 7) is 0.912. The van der Waals surface area contributed by atoms with Gasteiger partial charge in [-0.25, -0.2) is 13.8 Å². The van der Waals surface area contributed by atoms with Gasteiger partial charge >= 0.3 is 5.97 Å². The minimum Gasteiger partial charge on any atom is -0.494 e. The van der Waals surface area contributed by atoms with Crippen molar-refractivity contribution >= 4 is 44.2 Å². The molecule has 1 N–H and O–H groups in total. The van der Waals surface area contributed by atoms with Crippen molar-refractivity contribution in [2.75, 3.05) is 37.5 Å². The first kappa shape index (κ1) is 21.9. The summed E-state index contributed by atoms with van der Waals surface area (Å²) in [5.41, 5.74) is 0.205. The summed E-state index contributed by atoms with van der Waals surface area (Å²) in [6, 6.07) is 7.61. The first-order valence-corrected chi connectivity index (χ1v) is 10.8. The maximum atomic E-state index is 14.8. The normalized spacial score (nSPS) is 14.4. The van der Waals surface area contributed by atoms with Crippen LogP contribution in [0.5, 0.6) is 5.75 Å². The van der Waals surface area contributed by atoms with Crippen LogP contribution in [0.2, 0.25) is 0 Å². The highest BCUT2D eigenvalue weighted by Gasteiger charge is 2.27. The Kier molecular flexibility index (Phi) is 6.22. The second-order valence-corrected chi connectivity index (χ2v) is 8.38. The molecule has 2 heterocycles. The molecule has 1 aliphatic rings. The van der Waals surface area contributed by atoms with Gasteiger partial charge in [0.15, 0.2) is 5.13 Å². The number of thiazole rings is 1. The van der Waals surface area contributed by atoms with Crippen molar-refractivity contribution in [3.05, 3.63) is 47.5 Å². The smallest absolute Gasteiger partial charge is 0.308 e. The van der Waals surface area contributed by atoms with Gasteiger partial charge in [-0.15, -0.1) is 0 Å². The van der Waals surface area contributed by atoms with Crippen LogP contribution in [-0.4, -0.2) is 44.2 Å². The molecule has 1 amide bonds. The number of carbonyl (C=O) groups excluding carboxylic acids is 2. The summed E-state index contributed by atoms with van der Waals surface area (Å²) in [5, 5.41) is 2.68. The van der Waals surface area contributed by atoms with E-state index in [1.165, 1.54) is 25.6 Å². The lowest BCUT2D eigenvalue weighted by molar-refractivity contribution is -0.146. The number of halogens is 2. The SMILES string of the molecule is COC(=O)C1CCN(c2cc(F)c(C(=O)Nc3nc4c(OC)cccc4s3)c(F)c2)CC1. The topological polar surface area (TPSA) is 80.8 Å². The van der Waals surface area contributed by atoms with Crippen LogP contribution in [0.3, 0.4) is 0 Å². The van der Waals surface area contributed by atoms with E-state index in [1.807, 2.05) is 6.07 Å². The first-order valence-electron chi connectivity index (χ1n) is 9.98. The molecular weight excluding hydrogens is 440 g/mol. The van der Waals surface area contributed by atoms with Gasteiger partial charge < -0.3 is 14.4 Å². The maximum absolute atomic E-state index is 14.8. The van der Waals surface area contributed by atoms with Crippen molar-refractivity contribution in [3.63, 3.8) is 0 Å². The summed E-state index contributed by atoms with van der Waals surface area (Å²) in [5.74, 6) is -2.81. The third kappa shape index (κ3) is 4.22. The lowest BCUT2D eigenvalue weighted by Crippen LogP contribution is -2.37. The Morgan fingerprint density at radius 2 is 1.84 bits per heavy atom. The van der Waals surface area contributed by atoms with Crippen LogP contribution in [-0.2, 0) is 9.53 Å². The number of aromatic nitrogens is 1. The highest BCUT2D eigenvalue weighted by molar-refractivity contribution is 7.22. The number of carbonyl (C=O) groups is 2.